The Kier molecular flexibility index (Phi) is 7.22. The van der Waals surface area contributed by atoms with Crippen molar-refractivity contribution in [2.75, 3.05) is 20.2 Å². The molecule has 0 aliphatic heterocycles. The van der Waals surface area contributed by atoms with Gasteiger partial charge in [-0.3, -0.25) is 9.59 Å². The lowest BCUT2D eigenvalue weighted by Crippen LogP contribution is -2.42. The summed E-state index contributed by atoms with van der Waals surface area (Å²) >= 11 is 0. The molecule has 0 heterocycles. The zero-order chi connectivity index (χ0) is 21.3. The minimum atomic E-state index is -0.775. The summed E-state index contributed by atoms with van der Waals surface area (Å²) in [5.74, 6) is 0.276. The summed E-state index contributed by atoms with van der Waals surface area (Å²) in [6, 6.07) is 25.1. The number of hydrogen-bond acceptors (Lipinski definition) is 3. The van der Waals surface area contributed by atoms with Crippen LogP contribution in [0.4, 0.5) is 0 Å². The van der Waals surface area contributed by atoms with E-state index in [4.69, 9.17) is 4.74 Å². The van der Waals surface area contributed by atoms with Gasteiger partial charge in [-0.25, -0.2) is 0 Å². The van der Waals surface area contributed by atoms with Crippen LogP contribution in [0.15, 0.2) is 84.9 Å². The van der Waals surface area contributed by atoms with Crippen molar-refractivity contribution in [2.24, 2.45) is 0 Å². The molecule has 1 atom stereocenters. The van der Waals surface area contributed by atoms with Gasteiger partial charge >= 0.3 is 0 Å². The van der Waals surface area contributed by atoms with Crippen LogP contribution < -0.4 is 10.1 Å². The Morgan fingerprint density at radius 2 is 1.50 bits per heavy atom. The number of benzene rings is 3. The summed E-state index contributed by atoms with van der Waals surface area (Å²) in [5.41, 5.74) is 2.41. The number of hydrogen-bond donors (Lipinski definition) is 1. The number of aryl methyl sites for hydroxylation is 1. The van der Waals surface area contributed by atoms with E-state index in [1.54, 1.807) is 36.2 Å². The maximum absolute atomic E-state index is 13.2. The van der Waals surface area contributed by atoms with Crippen molar-refractivity contribution in [3.05, 3.63) is 102 Å². The van der Waals surface area contributed by atoms with Crippen LogP contribution >= 0.6 is 0 Å². The number of nitrogens with one attached hydrogen (secondary N) is 1. The minimum Gasteiger partial charge on any atom is -0.492 e. The largest absolute Gasteiger partial charge is 0.492 e. The van der Waals surface area contributed by atoms with Crippen molar-refractivity contribution >= 4 is 11.8 Å². The summed E-state index contributed by atoms with van der Waals surface area (Å²) in [4.78, 5) is 27.4. The van der Waals surface area contributed by atoms with E-state index < -0.39 is 6.04 Å². The molecule has 5 nitrogen and oxygen atoms in total. The Labute approximate surface area is 177 Å². The maximum atomic E-state index is 13.2. The smallest absolute Gasteiger partial charge is 0.252 e. The first-order valence-electron chi connectivity index (χ1n) is 9.90. The SMILES string of the molecule is Cc1ccc(OCCN(C)C(=O)C(NC(=O)c2ccccc2)c2ccccc2)cc1. The van der Waals surface area contributed by atoms with Crippen LogP contribution in [0.3, 0.4) is 0 Å². The van der Waals surface area contributed by atoms with Gasteiger partial charge in [-0.05, 0) is 36.8 Å². The number of likely N-dealkylation sites (N-methyl/N-ethyl adjacent to an activating group) is 1. The van der Waals surface area contributed by atoms with Crippen molar-refractivity contribution in [2.45, 2.75) is 13.0 Å². The van der Waals surface area contributed by atoms with Crippen molar-refractivity contribution in [1.29, 1.82) is 0 Å². The van der Waals surface area contributed by atoms with Gasteiger partial charge in [0.15, 0.2) is 0 Å². The molecule has 1 unspecified atom stereocenters. The van der Waals surface area contributed by atoms with Crippen LogP contribution in [0.25, 0.3) is 0 Å². The third-order valence-corrected chi connectivity index (χ3v) is 4.78. The zero-order valence-corrected chi connectivity index (χ0v) is 17.2. The van der Waals surface area contributed by atoms with E-state index >= 15 is 0 Å². The number of amides is 2. The van der Waals surface area contributed by atoms with Crippen molar-refractivity contribution in [3.8, 4) is 5.75 Å². The first-order valence-corrected chi connectivity index (χ1v) is 9.90. The molecule has 5 heteroatoms. The summed E-state index contributed by atoms with van der Waals surface area (Å²) < 4.78 is 5.74. The highest BCUT2D eigenvalue weighted by molar-refractivity contribution is 5.97. The Morgan fingerprint density at radius 3 is 2.13 bits per heavy atom. The van der Waals surface area contributed by atoms with Crippen molar-refractivity contribution in [3.63, 3.8) is 0 Å². The topological polar surface area (TPSA) is 58.6 Å². The van der Waals surface area contributed by atoms with Gasteiger partial charge in [0, 0.05) is 12.6 Å². The van der Waals surface area contributed by atoms with Crippen molar-refractivity contribution < 1.29 is 14.3 Å². The highest BCUT2D eigenvalue weighted by atomic mass is 16.5. The fraction of sp³-hybridized carbons (Fsp3) is 0.200. The van der Waals surface area contributed by atoms with Gasteiger partial charge in [0.1, 0.15) is 18.4 Å². The third kappa shape index (κ3) is 5.70. The Balaban J connectivity index is 1.66. The third-order valence-electron chi connectivity index (χ3n) is 4.78. The number of nitrogens with zero attached hydrogens (tertiary/aromatic N) is 1. The molecule has 0 saturated carbocycles. The van der Waals surface area contributed by atoms with Crippen LogP contribution in [0.5, 0.6) is 5.75 Å². The molecule has 0 saturated heterocycles. The van der Waals surface area contributed by atoms with Crippen molar-refractivity contribution in [1.82, 2.24) is 10.2 Å². The molecule has 154 valence electrons. The highest BCUT2D eigenvalue weighted by Gasteiger charge is 2.26. The molecule has 3 rings (SSSR count). The standard InChI is InChI=1S/C25H26N2O3/c1-19-13-15-22(16-14-19)30-18-17-27(2)25(29)23(20-9-5-3-6-10-20)26-24(28)21-11-7-4-8-12-21/h3-16,23H,17-18H2,1-2H3,(H,26,28). The molecule has 0 fully saturated rings. The van der Waals surface area contributed by atoms with Gasteiger partial charge in [0.2, 0.25) is 5.91 Å². The van der Waals surface area contributed by atoms with Crippen LogP contribution in [0, 0.1) is 6.92 Å². The summed E-state index contributed by atoms with van der Waals surface area (Å²) in [6.45, 7) is 2.78. The lowest BCUT2D eigenvalue weighted by molar-refractivity contribution is -0.132. The van der Waals surface area contributed by atoms with E-state index in [2.05, 4.69) is 5.32 Å². The molecule has 1 N–H and O–H groups in total. The van der Waals surface area contributed by atoms with Gasteiger partial charge in [-0.1, -0.05) is 66.2 Å². The van der Waals surface area contributed by atoms with E-state index in [0.717, 1.165) is 16.9 Å². The molecular formula is C25H26N2O3. The predicted molar refractivity (Wildman–Crippen MR) is 117 cm³/mol. The second-order valence-corrected chi connectivity index (χ2v) is 7.10. The summed E-state index contributed by atoms with van der Waals surface area (Å²) in [7, 11) is 1.71. The Morgan fingerprint density at radius 1 is 0.900 bits per heavy atom. The van der Waals surface area contributed by atoms with Crippen LogP contribution in [-0.2, 0) is 4.79 Å². The summed E-state index contributed by atoms with van der Waals surface area (Å²) in [6.07, 6.45) is 0. The van der Waals surface area contributed by atoms with E-state index in [1.165, 1.54) is 0 Å². The Bertz CT molecular complexity index is 957. The fourth-order valence-electron chi connectivity index (χ4n) is 3.00. The maximum Gasteiger partial charge on any atom is 0.252 e. The first kappa shape index (κ1) is 21.1. The van der Waals surface area contributed by atoms with Gasteiger partial charge in [0.05, 0.1) is 6.54 Å². The fourth-order valence-corrected chi connectivity index (χ4v) is 3.00. The molecule has 0 aliphatic rings. The lowest BCUT2D eigenvalue weighted by atomic mass is 10.0. The Hall–Kier alpha value is -3.60. The molecule has 0 aromatic heterocycles. The zero-order valence-electron chi connectivity index (χ0n) is 17.2. The lowest BCUT2D eigenvalue weighted by Gasteiger charge is -2.25. The van der Waals surface area contributed by atoms with E-state index in [-0.39, 0.29) is 11.8 Å². The summed E-state index contributed by atoms with van der Waals surface area (Å²) in [5, 5.41) is 2.87. The van der Waals surface area contributed by atoms with Crippen LogP contribution in [0.2, 0.25) is 0 Å². The number of carbonyl (C=O) groups is 2. The number of rotatable bonds is 8. The molecule has 2 amide bonds. The first-order chi connectivity index (χ1) is 14.5. The molecular weight excluding hydrogens is 376 g/mol. The van der Waals surface area contributed by atoms with Crippen LogP contribution in [0.1, 0.15) is 27.5 Å². The molecule has 30 heavy (non-hydrogen) atoms. The molecule has 3 aromatic carbocycles. The average molecular weight is 402 g/mol. The normalized spacial score (nSPS) is 11.4. The quantitative estimate of drug-likeness (QED) is 0.620. The van der Waals surface area contributed by atoms with E-state index in [0.29, 0.717) is 18.7 Å². The molecule has 0 bridgehead atoms. The van der Waals surface area contributed by atoms with Gasteiger partial charge < -0.3 is 15.0 Å². The number of ether oxygens (including phenoxy) is 1. The van der Waals surface area contributed by atoms with E-state index in [9.17, 15) is 9.59 Å². The van der Waals surface area contributed by atoms with Crippen LogP contribution in [-0.4, -0.2) is 36.9 Å². The number of carbonyl (C=O) groups excluding carboxylic acids is 2. The molecule has 0 aliphatic carbocycles. The van der Waals surface area contributed by atoms with Gasteiger partial charge in [-0.15, -0.1) is 0 Å². The predicted octanol–water partition coefficient (Wildman–Crippen LogP) is 4.00. The average Bonchev–Trinajstić information content (AvgIpc) is 2.79. The molecule has 0 radical (unpaired) electrons. The monoisotopic (exact) mass is 402 g/mol. The minimum absolute atomic E-state index is 0.196. The molecule has 3 aromatic rings. The molecule has 0 spiro atoms. The highest BCUT2D eigenvalue weighted by Crippen LogP contribution is 2.17. The second kappa shape index (κ2) is 10.3. The van der Waals surface area contributed by atoms with E-state index in [1.807, 2.05) is 67.6 Å². The second-order valence-electron chi connectivity index (χ2n) is 7.10. The van der Waals surface area contributed by atoms with Gasteiger partial charge in [0.25, 0.3) is 5.91 Å². The van der Waals surface area contributed by atoms with Gasteiger partial charge in [-0.2, -0.15) is 0 Å².